The molecule has 0 bridgehead atoms. The second kappa shape index (κ2) is 10.3. The van der Waals surface area contributed by atoms with Gasteiger partial charge in [-0.1, -0.05) is 78.4 Å². The number of aromatic nitrogens is 1. The van der Waals surface area contributed by atoms with Crippen molar-refractivity contribution >= 4 is 10.9 Å². The number of likely N-dealkylation sites (tertiary alicyclic amines) is 1. The van der Waals surface area contributed by atoms with Crippen molar-refractivity contribution < 1.29 is 0 Å². The molecule has 0 saturated carbocycles. The second-order valence-corrected chi connectivity index (χ2v) is 9.61. The van der Waals surface area contributed by atoms with E-state index in [1.165, 1.54) is 66.5 Å². The van der Waals surface area contributed by atoms with E-state index in [0.29, 0.717) is 0 Å². The maximum absolute atomic E-state index is 4.98. The molecule has 1 aliphatic rings. The Morgan fingerprint density at radius 2 is 1.55 bits per heavy atom. The molecule has 0 unspecified atom stereocenters. The highest BCUT2D eigenvalue weighted by Gasteiger charge is 2.19. The molecule has 1 saturated heterocycles. The number of benzene rings is 3. The maximum atomic E-state index is 4.98. The summed E-state index contributed by atoms with van der Waals surface area (Å²) in [5.41, 5.74) is 7.60. The van der Waals surface area contributed by atoms with Crippen molar-refractivity contribution in [2.24, 2.45) is 5.92 Å². The quantitative estimate of drug-likeness (QED) is 0.308. The highest BCUT2D eigenvalue weighted by atomic mass is 15.1. The molecule has 0 aliphatic carbocycles. The molecule has 168 valence electrons. The van der Waals surface area contributed by atoms with Crippen LogP contribution in [0.4, 0.5) is 0 Å². The van der Waals surface area contributed by atoms with Gasteiger partial charge in [-0.15, -0.1) is 0 Å². The van der Waals surface area contributed by atoms with Gasteiger partial charge in [-0.2, -0.15) is 0 Å². The average molecular weight is 435 g/mol. The van der Waals surface area contributed by atoms with Crippen molar-refractivity contribution in [1.29, 1.82) is 0 Å². The van der Waals surface area contributed by atoms with Crippen LogP contribution in [-0.2, 0) is 12.8 Å². The molecule has 33 heavy (non-hydrogen) atoms. The summed E-state index contributed by atoms with van der Waals surface area (Å²) in [4.78, 5) is 7.63. The SMILES string of the molecule is Cc1ccc(-c2cc(CCC3CCN(CCc4ccccc4)CC3)c3ccccc3n2)cc1. The summed E-state index contributed by atoms with van der Waals surface area (Å²) >= 11 is 0. The third-order valence-electron chi connectivity index (χ3n) is 7.24. The van der Waals surface area contributed by atoms with Crippen molar-refractivity contribution in [3.63, 3.8) is 0 Å². The minimum Gasteiger partial charge on any atom is -0.303 e. The molecule has 3 aromatic carbocycles. The normalized spacial score (nSPS) is 15.2. The Hall–Kier alpha value is -2.97. The number of hydrogen-bond acceptors (Lipinski definition) is 2. The Kier molecular flexibility index (Phi) is 6.83. The number of aryl methyl sites for hydroxylation is 2. The predicted octanol–water partition coefficient (Wildman–Crippen LogP) is 7.10. The fraction of sp³-hybridized carbons (Fsp3) is 0.323. The molecular weight excluding hydrogens is 400 g/mol. The predicted molar refractivity (Wildman–Crippen MR) is 140 cm³/mol. The van der Waals surface area contributed by atoms with Gasteiger partial charge in [0.1, 0.15) is 0 Å². The molecular formula is C31H34N2. The van der Waals surface area contributed by atoms with Gasteiger partial charge in [-0.25, -0.2) is 4.98 Å². The number of pyridine rings is 1. The number of fused-ring (bicyclic) bond motifs is 1. The van der Waals surface area contributed by atoms with Crippen LogP contribution in [0.1, 0.15) is 36.0 Å². The summed E-state index contributed by atoms with van der Waals surface area (Å²) in [6, 6.07) is 30.6. The van der Waals surface area contributed by atoms with E-state index in [-0.39, 0.29) is 0 Å². The second-order valence-electron chi connectivity index (χ2n) is 9.61. The highest BCUT2D eigenvalue weighted by molar-refractivity contribution is 5.85. The van der Waals surface area contributed by atoms with Gasteiger partial charge in [0.15, 0.2) is 0 Å². The first-order valence-electron chi connectivity index (χ1n) is 12.5. The molecule has 2 nitrogen and oxygen atoms in total. The molecule has 2 heteroatoms. The Balaban J connectivity index is 1.22. The van der Waals surface area contributed by atoms with Gasteiger partial charge in [0.25, 0.3) is 0 Å². The lowest BCUT2D eigenvalue weighted by atomic mass is 9.89. The molecule has 1 aromatic heterocycles. The monoisotopic (exact) mass is 434 g/mol. The number of hydrogen-bond donors (Lipinski definition) is 0. The van der Waals surface area contributed by atoms with Crippen LogP contribution in [0.3, 0.4) is 0 Å². The van der Waals surface area contributed by atoms with Crippen LogP contribution in [0, 0.1) is 12.8 Å². The fourth-order valence-corrected chi connectivity index (χ4v) is 5.12. The van der Waals surface area contributed by atoms with Crippen molar-refractivity contribution in [1.82, 2.24) is 9.88 Å². The fourth-order valence-electron chi connectivity index (χ4n) is 5.12. The van der Waals surface area contributed by atoms with Crippen LogP contribution >= 0.6 is 0 Å². The van der Waals surface area contributed by atoms with E-state index in [2.05, 4.69) is 96.8 Å². The van der Waals surface area contributed by atoms with Gasteiger partial charge in [0, 0.05) is 17.5 Å². The first kappa shape index (κ1) is 21.9. The third-order valence-corrected chi connectivity index (χ3v) is 7.24. The van der Waals surface area contributed by atoms with Crippen molar-refractivity contribution in [3.05, 3.63) is 102 Å². The van der Waals surface area contributed by atoms with E-state index in [1.807, 2.05) is 0 Å². The molecule has 2 heterocycles. The van der Waals surface area contributed by atoms with Crippen molar-refractivity contribution in [2.75, 3.05) is 19.6 Å². The maximum Gasteiger partial charge on any atom is 0.0712 e. The molecule has 1 fully saturated rings. The molecule has 0 spiro atoms. The summed E-state index contributed by atoms with van der Waals surface area (Å²) in [6.45, 7) is 5.80. The Bertz CT molecular complexity index is 1170. The molecule has 0 amide bonds. The Morgan fingerprint density at radius 1 is 0.818 bits per heavy atom. The van der Waals surface area contributed by atoms with Gasteiger partial charge in [-0.3, -0.25) is 0 Å². The minimum absolute atomic E-state index is 0.827. The summed E-state index contributed by atoms with van der Waals surface area (Å²) in [7, 11) is 0. The Morgan fingerprint density at radius 3 is 2.33 bits per heavy atom. The minimum atomic E-state index is 0.827. The van der Waals surface area contributed by atoms with Crippen molar-refractivity contribution in [2.45, 2.75) is 39.0 Å². The van der Waals surface area contributed by atoms with E-state index in [0.717, 1.165) is 30.0 Å². The van der Waals surface area contributed by atoms with Gasteiger partial charge < -0.3 is 4.90 Å². The van der Waals surface area contributed by atoms with Gasteiger partial charge >= 0.3 is 0 Å². The van der Waals surface area contributed by atoms with Crippen LogP contribution in [0.5, 0.6) is 0 Å². The Labute approximate surface area is 198 Å². The highest BCUT2D eigenvalue weighted by Crippen LogP contribution is 2.29. The van der Waals surface area contributed by atoms with Crippen LogP contribution in [0.2, 0.25) is 0 Å². The van der Waals surface area contributed by atoms with Crippen LogP contribution < -0.4 is 0 Å². The third kappa shape index (κ3) is 5.51. The molecule has 0 N–H and O–H groups in total. The first-order valence-corrected chi connectivity index (χ1v) is 12.5. The zero-order valence-corrected chi connectivity index (χ0v) is 19.7. The summed E-state index contributed by atoms with van der Waals surface area (Å²) in [5.74, 6) is 0.827. The number of para-hydroxylation sites is 1. The lowest BCUT2D eigenvalue weighted by molar-refractivity contribution is 0.181. The number of nitrogens with zero attached hydrogens (tertiary/aromatic N) is 2. The molecule has 0 radical (unpaired) electrons. The lowest BCUT2D eigenvalue weighted by Crippen LogP contribution is -2.35. The molecule has 5 rings (SSSR count). The zero-order valence-electron chi connectivity index (χ0n) is 19.7. The van der Waals surface area contributed by atoms with E-state index in [9.17, 15) is 0 Å². The van der Waals surface area contributed by atoms with Crippen LogP contribution in [0.25, 0.3) is 22.2 Å². The summed E-state index contributed by atoms with van der Waals surface area (Å²) in [5, 5.41) is 1.31. The van der Waals surface area contributed by atoms with E-state index < -0.39 is 0 Å². The lowest BCUT2D eigenvalue weighted by Gasteiger charge is -2.32. The smallest absolute Gasteiger partial charge is 0.0712 e. The standard InChI is InChI=1S/C31H34N2/c1-24-11-14-27(15-12-24)31-23-28(29-9-5-6-10-30(29)32-31)16-13-26-18-21-33(22-19-26)20-17-25-7-3-2-4-8-25/h2-12,14-15,23,26H,13,16-22H2,1H3. The zero-order chi connectivity index (χ0) is 22.5. The number of piperidine rings is 1. The van der Waals surface area contributed by atoms with E-state index in [1.54, 1.807) is 0 Å². The average Bonchev–Trinajstić information content (AvgIpc) is 2.87. The summed E-state index contributed by atoms with van der Waals surface area (Å²) < 4.78 is 0. The summed E-state index contributed by atoms with van der Waals surface area (Å²) in [6.07, 6.45) is 6.21. The van der Waals surface area contributed by atoms with E-state index in [4.69, 9.17) is 4.98 Å². The van der Waals surface area contributed by atoms with Crippen LogP contribution in [-0.4, -0.2) is 29.5 Å². The molecule has 1 aliphatic heterocycles. The number of rotatable bonds is 7. The van der Waals surface area contributed by atoms with Gasteiger partial charge in [0.05, 0.1) is 11.2 Å². The topological polar surface area (TPSA) is 16.1 Å². The first-order chi connectivity index (χ1) is 16.2. The van der Waals surface area contributed by atoms with Crippen LogP contribution in [0.15, 0.2) is 84.9 Å². The van der Waals surface area contributed by atoms with Crippen molar-refractivity contribution in [3.8, 4) is 11.3 Å². The molecule has 0 atom stereocenters. The van der Waals surface area contributed by atoms with Gasteiger partial charge in [-0.05, 0) is 81.3 Å². The van der Waals surface area contributed by atoms with Gasteiger partial charge in [0.2, 0.25) is 0 Å². The largest absolute Gasteiger partial charge is 0.303 e. The molecule has 4 aromatic rings. The van der Waals surface area contributed by atoms with E-state index >= 15 is 0 Å².